The number of nitrogens with one attached hydrogen (secondary N) is 2. The first-order valence-corrected chi connectivity index (χ1v) is 9.36. The fraction of sp³-hybridized carbons (Fsp3) is 0.533. The van der Waals surface area contributed by atoms with Crippen molar-refractivity contribution >= 4 is 39.9 Å². The van der Waals surface area contributed by atoms with E-state index in [-0.39, 0.29) is 17.3 Å². The molecule has 138 valence electrons. The van der Waals surface area contributed by atoms with E-state index in [0.29, 0.717) is 24.4 Å². The summed E-state index contributed by atoms with van der Waals surface area (Å²) in [6.45, 7) is 5.65. The number of hydrogen-bond acceptors (Lipinski definition) is 4. The van der Waals surface area contributed by atoms with E-state index in [9.17, 15) is 13.2 Å². The third-order valence-electron chi connectivity index (χ3n) is 3.98. The fourth-order valence-electron chi connectivity index (χ4n) is 2.10. The van der Waals surface area contributed by atoms with Gasteiger partial charge in [-0.3, -0.25) is 4.79 Å². The van der Waals surface area contributed by atoms with Gasteiger partial charge < -0.3 is 11.1 Å². The number of nitrogens with two attached hydrogens (primary N) is 1. The third-order valence-corrected chi connectivity index (χ3v) is 5.79. The summed E-state index contributed by atoms with van der Waals surface area (Å²) >= 11 is 5.75. The number of halogens is 2. The van der Waals surface area contributed by atoms with E-state index in [0.717, 1.165) is 0 Å². The molecular formula is C15H25Cl2N3O3S. The zero-order chi connectivity index (χ0) is 17.7. The van der Waals surface area contributed by atoms with Crippen LogP contribution < -0.4 is 15.8 Å². The Kier molecular flexibility index (Phi) is 9.24. The van der Waals surface area contributed by atoms with Gasteiger partial charge in [-0.25, -0.2) is 8.42 Å². The minimum atomic E-state index is -3.80. The van der Waals surface area contributed by atoms with Gasteiger partial charge in [0.15, 0.2) is 0 Å². The topological polar surface area (TPSA) is 101 Å². The SMILES string of the molecule is CCC(CC)(CN)NC(=O)C(C)NS(=O)(=O)c1ccc(Cl)cc1.Cl. The maximum Gasteiger partial charge on any atom is 0.241 e. The Morgan fingerprint density at radius 3 is 2.17 bits per heavy atom. The molecule has 24 heavy (non-hydrogen) atoms. The van der Waals surface area contributed by atoms with Crippen LogP contribution in [0.2, 0.25) is 5.02 Å². The molecule has 0 fully saturated rings. The minimum Gasteiger partial charge on any atom is -0.348 e. The van der Waals surface area contributed by atoms with E-state index in [1.54, 1.807) is 0 Å². The molecule has 0 bridgehead atoms. The Balaban J connectivity index is 0.00000529. The minimum absolute atomic E-state index is 0. The van der Waals surface area contributed by atoms with Gasteiger partial charge >= 0.3 is 0 Å². The Morgan fingerprint density at radius 1 is 1.25 bits per heavy atom. The number of hydrogen-bond donors (Lipinski definition) is 3. The van der Waals surface area contributed by atoms with Crippen LogP contribution in [0.1, 0.15) is 33.6 Å². The molecule has 1 amide bonds. The van der Waals surface area contributed by atoms with Gasteiger partial charge in [0.1, 0.15) is 0 Å². The summed E-state index contributed by atoms with van der Waals surface area (Å²) in [6, 6.07) is 4.82. The summed E-state index contributed by atoms with van der Waals surface area (Å²) < 4.78 is 26.9. The first kappa shape index (κ1) is 23.1. The Bertz CT molecular complexity index is 624. The Morgan fingerprint density at radius 2 is 1.75 bits per heavy atom. The zero-order valence-corrected chi connectivity index (χ0v) is 16.4. The maximum atomic E-state index is 12.3. The first-order valence-electron chi connectivity index (χ1n) is 7.49. The van der Waals surface area contributed by atoms with Crippen LogP contribution in [0.5, 0.6) is 0 Å². The van der Waals surface area contributed by atoms with Gasteiger partial charge in [0, 0.05) is 11.6 Å². The van der Waals surface area contributed by atoms with Crippen LogP contribution in [0.15, 0.2) is 29.2 Å². The molecule has 1 aromatic rings. The van der Waals surface area contributed by atoms with E-state index in [2.05, 4.69) is 10.0 Å². The van der Waals surface area contributed by atoms with Crippen molar-refractivity contribution in [3.8, 4) is 0 Å². The number of rotatable bonds is 8. The Hall–Kier alpha value is -0.860. The molecule has 9 heteroatoms. The molecule has 0 aliphatic rings. The summed E-state index contributed by atoms with van der Waals surface area (Å²) in [5.74, 6) is -0.406. The lowest BCUT2D eigenvalue weighted by Gasteiger charge is -2.32. The number of carbonyl (C=O) groups excluding carboxylic acids is 1. The molecule has 0 aliphatic carbocycles. The summed E-state index contributed by atoms with van der Waals surface area (Å²) in [4.78, 5) is 12.3. The molecule has 1 rings (SSSR count). The molecule has 1 atom stereocenters. The van der Waals surface area contributed by atoms with Gasteiger partial charge in [-0.2, -0.15) is 4.72 Å². The van der Waals surface area contributed by atoms with Crippen LogP contribution in [-0.4, -0.2) is 32.5 Å². The second kappa shape index (κ2) is 9.58. The quantitative estimate of drug-likeness (QED) is 0.624. The summed E-state index contributed by atoms with van der Waals surface area (Å²) in [5.41, 5.74) is 5.23. The van der Waals surface area contributed by atoms with Crippen molar-refractivity contribution in [2.45, 2.75) is 50.1 Å². The molecule has 0 spiro atoms. The smallest absolute Gasteiger partial charge is 0.241 e. The van der Waals surface area contributed by atoms with Gasteiger partial charge in [-0.15, -0.1) is 12.4 Å². The van der Waals surface area contributed by atoms with Crippen molar-refractivity contribution < 1.29 is 13.2 Å². The molecule has 1 unspecified atom stereocenters. The van der Waals surface area contributed by atoms with Crippen molar-refractivity contribution in [2.24, 2.45) is 5.73 Å². The van der Waals surface area contributed by atoms with Crippen molar-refractivity contribution in [2.75, 3.05) is 6.54 Å². The lowest BCUT2D eigenvalue weighted by Crippen LogP contribution is -2.57. The van der Waals surface area contributed by atoms with Gasteiger partial charge in [0.2, 0.25) is 15.9 Å². The predicted molar refractivity (Wildman–Crippen MR) is 99.0 cm³/mol. The lowest BCUT2D eigenvalue weighted by molar-refractivity contribution is -0.124. The molecule has 1 aromatic carbocycles. The second-order valence-electron chi connectivity index (χ2n) is 5.48. The summed E-state index contributed by atoms with van der Waals surface area (Å²) in [5, 5.41) is 3.29. The average molecular weight is 398 g/mol. The second-order valence-corrected chi connectivity index (χ2v) is 7.63. The number of benzene rings is 1. The highest BCUT2D eigenvalue weighted by atomic mass is 35.5. The van der Waals surface area contributed by atoms with Crippen LogP contribution in [0.4, 0.5) is 0 Å². The summed E-state index contributed by atoms with van der Waals surface area (Å²) in [7, 11) is -3.80. The van der Waals surface area contributed by atoms with E-state index >= 15 is 0 Å². The number of sulfonamides is 1. The standard InChI is InChI=1S/C15H24ClN3O3S.ClH/c1-4-15(5-2,10-17)18-14(20)11(3)19-23(21,22)13-8-6-12(16)7-9-13;/h6-9,11,19H,4-5,10,17H2,1-3H3,(H,18,20);1H. The van der Waals surface area contributed by atoms with Crippen molar-refractivity contribution in [3.05, 3.63) is 29.3 Å². The van der Waals surface area contributed by atoms with Crippen LogP contribution in [0.25, 0.3) is 0 Å². The van der Waals surface area contributed by atoms with E-state index in [1.165, 1.54) is 31.2 Å². The van der Waals surface area contributed by atoms with E-state index in [1.807, 2.05) is 13.8 Å². The first-order chi connectivity index (χ1) is 10.7. The maximum absolute atomic E-state index is 12.3. The van der Waals surface area contributed by atoms with E-state index in [4.69, 9.17) is 17.3 Å². The van der Waals surface area contributed by atoms with Gasteiger partial charge in [-0.05, 0) is 44.0 Å². The number of amides is 1. The van der Waals surface area contributed by atoms with Crippen LogP contribution >= 0.6 is 24.0 Å². The fourth-order valence-corrected chi connectivity index (χ4v) is 3.43. The molecule has 0 aromatic heterocycles. The van der Waals surface area contributed by atoms with Crippen LogP contribution in [-0.2, 0) is 14.8 Å². The third kappa shape index (κ3) is 5.89. The molecule has 0 radical (unpaired) electrons. The highest BCUT2D eigenvalue weighted by molar-refractivity contribution is 7.89. The van der Waals surface area contributed by atoms with Crippen LogP contribution in [0.3, 0.4) is 0 Å². The van der Waals surface area contributed by atoms with Crippen molar-refractivity contribution in [1.29, 1.82) is 0 Å². The Labute approximate surface area is 155 Å². The molecule has 0 saturated heterocycles. The predicted octanol–water partition coefficient (Wildman–Crippen LogP) is 2.06. The molecule has 0 saturated carbocycles. The molecule has 4 N–H and O–H groups in total. The zero-order valence-electron chi connectivity index (χ0n) is 14.0. The number of carbonyl (C=O) groups is 1. The van der Waals surface area contributed by atoms with E-state index < -0.39 is 27.5 Å². The average Bonchev–Trinajstić information content (AvgIpc) is 2.52. The highest BCUT2D eigenvalue weighted by Gasteiger charge is 2.30. The van der Waals surface area contributed by atoms with Crippen molar-refractivity contribution in [3.63, 3.8) is 0 Å². The van der Waals surface area contributed by atoms with Gasteiger partial charge in [0.25, 0.3) is 0 Å². The summed E-state index contributed by atoms with van der Waals surface area (Å²) in [6.07, 6.45) is 1.34. The lowest BCUT2D eigenvalue weighted by atomic mass is 9.92. The van der Waals surface area contributed by atoms with Gasteiger partial charge in [-0.1, -0.05) is 25.4 Å². The van der Waals surface area contributed by atoms with Gasteiger partial charge in [0.05, 0.1) is 16.5 Å². The normalized spacial score (nSPS) is 13.0. The molecule has 0 aliphatic heterocycles. The van der Waals surface area contributed by atoms with Crippen LogP contribution in [0, 0.1) is 0 Å². The van der Waals surface area contributed by atoms with Crippen molar-refractivity contribution in [1.82, 2.24) is 10.0 Å². The molecular weight excluding hydrogens is 373 g/mol. The largest absolute Gasteiger partial charge is 0.348 e. The highest BCUT2D eigenvalue weighted by Crippen LogP contribution is 2.16. The molecule has 6 nitrogen and oxygen atoms in total. The monoisotopic (exact) mass is 397 g/mol. The molecule has 0 heterocycles.